The highest BCUT2D eigenvalue weighted by Gasteiger charge is 2.14. The minimum Gasteiger partial charge on any atom is -0.299 e. The van der Waals surface area contributed by atoms with Crippen molar-refractivity contribution in [2.45, 2.75) is 33.1 Å². The van der Waals surface area contributed by atoms with Gasteiger partial charge in [0.05, 0.1) is 0 Å². The van der Waals surface area contributed by atoms with Gasteiger partial charge in [-0.25, -0.2) is 0 Å². The molecule has 1 aromatic rings. The molecule has 0 fully saturated rings. The van der Waals surface area contributed by atoms with Crippen molar-refractivity contribution in [2.24, 2.45) is 0 Å². The van der Waals surface area contributed by atoms with Crippen LogP contribution < -0.4 is 0 Å². The van der Waals surface area contributed by atoms with Gasteiger partial charge in [0.1, 0.15) is 5.78 Å². The second kappa shape index (κ2) is 4.17. The lowest BCUT2D eigenvalue weighted by atomic mass is 9.93. The number of ketones is 1. The summed E-state index contributed by atoms with van der Waals surface area (Å²) >= 11 is 0. The number of rotatable bonds is 3. The summed E-state index contributed by atoms with van der Waals surface area (Å²) in [4.78, 5) is 15.4. The molecule has 0 aliphatic heterocycles. The Morgan fingerprint density at radius 1 is 1.62 bits per heavy atom. The third kappa shape index (κ3) is 2.14. The maximum atomic E-state index is 11.4. The summed E-state index contributed by atoms with van der Waals surface area (Å²) in [6, 6.07) is 1.92. The molecule has 0 aliphatic rings. The van der Waals surface area contributed by atoms with E-state index in [1.807, 2.05) is 26.8 Å². The molecule has 13 heavy (non-hydrogen) atoms. The van der Waals surface area contributed by atoms with Gasteiger partial charge in [-0.1, -0.05) is 13.8 Å². The van der Waals surface area contributed by atoms with Gasteiger partial charge in [0.2, 0.25) is 0 Å². The van der Waals surface area contributed by atoms with Gasteiger partial charge in [-0.05, 0) is 24.1 Å². The fourth-order valence-electron chi connectivity index (χ4n) is 1.45. The van der Waals surface area contributed by atoms with Crippen molar-refractivity contribution in [1.82, 2.24) is 4.98 Å². The molecule has 1 unspecified atom stereocenters. The van der Waals surface area contributed by atoms with Crippen LogP contribution in [-0.4, -0.2) is 10.8 Å². The van der Waals surface area contributed by atoms with E-state index < -0.39 is 0 Å². The van der Waals surface area contributed by atoms with E-state index in [1.54, 1.807) is 12.4 Å². The molecule has 0 aliphatic carbocycles. The number of pyridine rings is 1. The zero-order valence-electron chi connectivity index (χ0n) is 8.37. The molecule has 1 heterocycles. The van der Waals surface area contributed by atoms with Crippen molar-refractivity contribution in [3.05, 3.63) is 29.6 Å². The third-order valence-electron chi connectivity index (χ3n) is 2.36. The molecule has 70 valence electrons. The summed E-state index contributed by atoms with van der Waals surface area (Å²) < 4.78 is 0. The number of aromatic nitrogens is 1. The van der Waals surface area contributed by atoms with Gasteiger partial charge in [-0.2, -0.15) is 0 Å². The summed E-state index contributed by atoms with van der Waals surface area (Å²) in [5, 5.41) is 0. The molecule has 0 bridgehead atoms. The number of carbonyl (C=O) groups is 1. The van der Waals surface area contributed by atoms with E-state index in [0.717, 1.165) is 11.1 Å². The third-order valence-corrected chi connectivity index (χ3v) is 2.36. The van der Waals surface area contributed by atoms with E-state index in [-0.39, 0.29) is 11.7 Å². The monoisotopic (exact) mass is 177 g/mol. The van der Waals surface area contributed by atoms with Crippen molar-refractivity contribution >= 4 is 5.78 Å². The molecular weight excluding hydrogens is 162 g/mol. The highest BCUT2D eigenvalue weighted by molar-refractivity contribution is 5.85. The van der Waals surface area contributed by atoms with Gasteiger partial charge < -0.3 is 0 Å². The first-order valence-electron chi connectivity index (χ1n) is 4.60. The fraction of sp³-hybridized carbons (Fsp3) is 0.455. The van der Waals surface area contributed by atoms with Crippen molar-refractivity contribution < 1.29 is 4.79 Å². The predicted octanol–water partition coefficient (Wildman–Crippen LogP) is 2.47. The van der Waals surface area contributed by atoms with Crippen LogP contribution in [0.4, 0.5) is 0 Å². The minimum atomic E-state index is 0.00741. The largest absolute Gasteiger partial charge is 0.299 e. The molecule has 0 N–H and O–H groups in total. The van der Waals surface area contributed by atoms with Crippen LogP contribution in [0.5, 0.6) is 0 Å². The van der Waals surface area contributed by atoms with Crippen molar-refractivity contribution in [3.8, 4) is 0 Å². The Labute approximate surface area is 79.0 Å². The highest BCUT2D eigenvalue weighted by atomic mass is 16.1. The Kier molecular flexibility index (Phi) is 3.18. The average molecular weight is 177 g/mol. The molecule has 0 aromatic carbocycles. The lowest BCUT2D eigenvalue weighted by molar-refractivity contribution is -0.119. The first-order valence-corrected chi connectivity index (χ1v) is 4.60. The summed E-state index contributed by atoms with van der Waals surface area (Å²) in [6.07, 6.45) is 4.14. The van der Waals surface area contributed by atoms with Gasteiger partial charge >= 0.3 is 0 Å². The SMILES string of the molecule is CCC(=O)C(C)c1ccncc1C. The quantitative estimate of drug-likeness (QED) is 0.710. The van der Waals surface area contributed by atoms with Crippen LogP contribution in [0.3, 0.4) is 0 Å². The normalized spacial score (nSPS) is 12.5. The maximum absolute atomic E-state index is 11.4. The number of Topliss-reactive ketones (excluding diaryl/α,β-unsaturated/α-hetero) is 1. The van der Waals surface area contributed by atoms with Crippen molar-refractivity contribution in [2.75, 3.05) is 0 Å². The molecule has 0 saturated heterocycles. The van der Waals surface area contributed by atoms with Crippen molar-refractivity contribution in [3.63, 3.8) is 0 Å². The lowest BCUT2D eigenvalue weighted by Gasteiger charge is -2.11. The van der Waals surface area contributed by atoms with E-state index in [4.69, 9.17) is 0 Å². The molecule has 1 atom stereocenters. The van der Waals surface area contributed by atoms with E-state index >= 15 is 0 Å². The van der Waals surface area contributed by atoms with Gasteiger partial charge in [0.15, 0.2) is 0 Å². The summed E-state index contributed by atoms with van der Waals surface area (Å²) in [6.45, 7) is 5.84. The molecule has 0 spiro atoms. The molecule has 1 aromatic heterocycles. The van der Waals surface area contributed by atoms with Crippen LogP contribution in [0, 0.1) is 6.92 Å². The standard InChI is InChI=1S/C11H15NO/c1-4-11(13)9(3)10-5-6-12-7-8(10)2/h5-7,9H,4H2,1-3H3. The fourth-order valence-corrected chi connectivity index (χ4v) is 1.45. The Morgan fingerprint density at radius 2 is 2.31 bits per heavy atom. The van der Waals surface area contributed by atoms with Gasteiger partial charge in [0.25, 0.3) is 0 Å². The Hall–Kier alpha value is -1.18. The van der Waals surface area contributed by atoms with Crippen LogP contribution in [0.1, 0.15) is 37.3 Å². The van der Waals surface area contributed by atoms with E-state index in [0.29, 0.717) is 6.42 Å². The molecule has 0 radical (unpaired) electrons. The number of hydrogen-bond donors (Lipinski definition) is 0. The number of aryl methyl sites for hydroxylation is 1. The van der Waals surface area contributed by atoms with Gasteiger partial charge in [-0.3, -0.25) is 9.78 Å². The Bertz CT molecular complexity index is 307. The van der Waals surface area contributed by atoms with E-state index in [9.17, 15) is 4.79 Å². The number of nitrogens with zero attached hydrogens (tertiary/aromatic N) is 1. The minimum absolute atomic E-state index is 0.00741. The maximum Gasteiger partial charge on any atom is 0.139 e. The van der Waals surface area contributed by atoms with Crippen LogP contribution >= 0.6 is 0 Å². The summed E-state index contributed by atoms with van der Waals surface area (Å²) in [5.74, 6) is 0.294. The summed E-state index contributed by atoms with van der Waals surface area (Å²) in [7, 11) is 0. The molecular formula is C11H15NO. The highest BCUT2D eigenvalue weighted by Crippen LogP contribution is 2.19. The second-order valence-corrected chi connectivity index (χ2v) is 3.27. The number of hydrogen-bond acceptors (Lipinski definition) is 2. The smallest absolute Gasteiger partial charge is 0.139 e. The molecule has 0 amide bonds. The van der Waals surface area contributed by atoms with Gasteiger partial charge in [0, 0.05) is 24.7 Å². The molecule has 2 heteroatoms. The van der Waals surface area contributed by atoms with Crippen LogP contribution in [0.25, 0.3) is 0 Å². The zero-order chi connectivity index (χ0) is 9.84. The molecule has 1 rings (SSSR count). The Morgan fingerprint density at radius 3 is 2.85 bits per heavy atom. The van der Waals surface area contributed by atoms with Crippen molar-refractivity contribution in [1.29, 1.82) is 0 Å². The summed E-state index contributed by atoms with van der Waals surface area (Å²) in [5.41, 5.74) is 2.19. The average Bonchev–Trinajstić information content (AvgIpc) is 2.16. The zero-order valence-corrected chi connectivity index (χ0v) is 8.37. The molecule has 2 nitrogen and oxygen atoms in total. The first-order chi connectivity index (χ1) is 6.16. The van der Waals surface area contributed by atoms with E-state index in [1.165, 1.54) is 0 Å². The number of carbonyl (C=O) groups excluding carboxylic acids is 1. The first kappa shape index (κ1) is 9.90. The topological polar surface area (TPSA) is 30.0 Å². The Balaban J connectivity index is 2.95. The lowest BCUT2D eigenvalue weighted by Crippen LogP contribution is -2.08. The second-order valence-electron chi connectivity index (χ2n) is 3.27. The predicted molar refractivity (Wildman–Crippen MR) is 52.7 cm³/mol. The van der Waals surface area contributed by atoms with Crippen LogP contribution in [0.2, 0.25) is 0 Å². The van der Waals surface area contributed by atoms with Crippen LogP contribution in [-0.2, 0) is 4.79 Å². The van der Waals surface area contributed by atoms with Gasteiger partial charge in [-0.15, -0.1) is 0 Å². The van der Waals surface area contributed by atoms with E-state index in [2.05, 4.69) is 4.98 Å². The van der Waals surface area contributed by atoms with Crippen LogP contribution in [0.15, 0.2) is 18.5 Å². The molecule has 0 saturated carbocycles.